The Morgan fingerprint density at radius 3 is 2.93 bits per heavy atom. The molecule has 2 aromatic heterocycles. The number of aromatic nitrogens is 3. The number of aryl methyl sites for hydroxylation is 1. The number of hydrogen-bond donors (Lipinski definition) is 0. The van der Waals surface area contributed by atoms with Crippen molar-refractivity contribution in [2.24, 2.45) is 0 Å². The molecule has 15 heavy (non-hydrogen) atoms. The Bertz CT molecular complexity index is 514. The third kappa shape index (κ3) is 1.51. The van der Waals surface area contributed by atoms with Crippen molar-refractivity contribution in [3.8, 4) is 0 Å². The molecule has 0 atom stereocenters. The maximum Gasteiger partial charge on any atom is 0.157 e. The maximum absolute atomic E-state index is 6.16. The van der Waals surface area contributed by atoms with Gasteiger partial charge in [-0.1, -0.05) is 18.5 Å². The van der Waals surface area contributed by atoms with Crippen molar-refractivity contribution in [2.45, 2.75) is 32.1 Å². The summed E-state index contributed by atoms with van der Waals surface area (Å²) in [6.45, 7) is 2.08. The van der Waals surface area contributed by atoms with Gasteiger partial charge in [0, 0.05) is 17.7 Å². The van der Waals surface area contributed by atoms with Gasteiger partial charge in [-0.2, -0.15) is 5.10 Å². The Labute approximate surface area is 93.1 Å². The molecule has 1 aliphatic carbocycles. The highest BCUT2D eigenvalue weighted by Crippen LogP contribution is 2.39. The molecule has 3 nitrogen and oxygen atoms in total. The van der Waals surface area contributed by atoms with E-state index in [4.69, 9.17) is 11.6 Å². The highest BCUT2D eigenvalue weighted by Gasteiger charge is 2.26. The van der Waals surface area contributed by atoms with Gasteiger partial charge in [-0.05, 0) is 25.3 Å². The molecule has 0 spiro atoms. The van der Waals surface area contributed by atoms with Gasteiger partial charge in [-0.25, -0.2) is 9.50 Å². The van der Waals surface area contributed by atoms with Gasteiger partial charge in [0.15, 0.2) is 5.65 Å². The minimum absolute atomic E-state index is 0.632. The van der Waals surface area contributed by atoms with E-state index >= 15 is 0 Å². The van der Waals surface area contributed by atoms with Gasteiger partial charge in [0.05, 0.1) is 5.69 Å². The lowest BCUT2D eigenvalue weighted by molar-refractivity contribution is 0.873. The second-order valence-corrected chi connectivity index (χ2v) is 4.42. The van der Waals surface area contributed by atoms with Crippen molar-refractivity contribution < 1.29 is 0 Å². The zero-order valence-corrected chi connectivity index (χ0v) is 9.33. The summed E-state index contributed by atoms with van der Waals surface area (Å²) in [7, 11) is 0. The van der Waals surface area contributed by atoms with Crippen LogP contribution in [0.5, 0.6) is 0 Å². The molecule has 0 unspecified atom stereocenters. The van der Waals surface area contributed by atoms with E-state index in [1.54, 1.807) is 4.52 Å². The van der Waals surface area contributed by atoms with Crippen LogP contribution in [-0.2, 0) is 6.42 Å². The van der Waals surface area contributed by atoms with Crippen molar-refractivity contribution in [2.75, 3.05) is 0 Å². The van der Waals surface area contributed by atoms with Crippen LogP contribution in [0.1, 0.15) is 37.1 Å². The fraction of sp³-hybridized carbons (Fsp3) is 0.455. The van der Waals surface area contributed by atoms with Gasteiger partial charge < -0.3 is 0 Å². The van der Waals surface area contributed by atoms with Gasteiger partial charge in [0.25, 0.3) is 0 Å². The summed E-state index contributed by atoms with van der Waals surface area (Å²) >= 11 is 6.16. The molecule has 0 radical (unpaired) electrons. The first-order valence-corrected chi connectivity index (χ1v) is 5.71. The quantitative estimate of drug-likeness (QED) is 0.730. The Kier molecular flexibility index (Phi) is 1.96. The second-order valence-electron chi connectivity index (χ2n) is 4.04. The molecule has 2 aromatic rings. The fourth-order valence-corrected chi connectivity index (χ4v) is 2.00. The molecule has 1 fully saturated rings. The van der Waals surface area contributed by atoms with Crippen molar-refractivity contribution in [3.63, 3.8) is 0 Å². The molecule has 3 rings (SSSR count). The molecule has 0 aromatic carbocycles. The molecule has 1 saturated carbocycles. The van der Waals surface area contributed by atoms with E-state index in [2.05, 4.69) is 17.0 Å². The average molecular weight is 222 g/mol. The summed E-state index contributed by atoms with van der Waals surface area (Å²) in [4.78, 5) is 4.58. The molecular formula is C11H12ClN3. The second kappa shape index (κ2) is 3.20. The fourth-order valence-electron chi connectivity index (χ4n) is 1.76. The SMILES string of the molecule is CCc1cc2nc(C3CC3)cc(Cl)n2n1. The maximum atomic E-state index is 6.16. The van der Waals surface area contributed by atoms with Crippen LogP contribution in [0.3, 0.4) is 0 Å². The van der Waals surface area contributed by atoms with E-state index < -0.39 is 0 Å². The van der Waals surface area contributed by atoms with Gasteiger partial charge >= 0.3 is 0 Å². The van der Waals surface area contributed by atoms with E-state index in [9.17, 15) is 0 Å². The zero-order chi connectivity index (χ0) is 10.4. The van der Waals surface area contributed by atoms with Crippen LogP contribution in [-0.4, -0.2) is 14.6 Å². The summed E-state index contributed by atoms with van der Waals surface area (Å²) < 4.78 is 1.71. The summed E-state index contributed by atoms with van der Waals surface area (Å²) in [6, 6.07) is 3.95. The molecule has 0 N–H and O–H groups in total. The summed E-state index contributed by atoms with van der Waals surface area (Å²) in [6.07, 6.45) is 3.40. The van der Waals surface area contributed by atoms with E-state index in [1.165, 1.54) is 12.8 Å². The molecule has 2 heterocycles. The first-order valence-electron chi connectivity index (χ1n) is 5.33. The van der Waals surface area contributed by atoms with Crippen LogP contribution in [0.15, 0.2) is 12.1 Å². The lowest BCUT2D eigenvalue weighted by Gasteiger charge is -2.00. The minimum atomic E-state index is 0.632. The van der Waals surface area contributed by atoms with Crippen LogP contribution >= 0.6 is 11.6 Å². The molecule has 0 amide bonds. The highest BCUT2D eigenvalue weighted by atomic mass is 35.5. The third-order valence-corrected chi connectivity index (χ3v) is 3.08. The molecule has 0 saturated heterocycles. The molecule has 0 bridgehead atoms. The Balaban J connectivity index is 2.20. The van der Waals surface area contributed by atoms with Crippen molar-refractivity contribution >= 4 is 17.2 Å². The smallest absolute Gasteiger partial charge is 0.157 e. The van der Waals surface area contributed by atoms with Gasteiger partial charge in [-0.15, -0.1) is 0 Å². The van der Waals surface area contributed by atoms with Crippen LogP contribution < -0.4 is 0 Å². The van der Waals surface area contributed by atoms with E-state index in [0.29, 0.717) is 11.1 Å². The van der Waals surface area contributed by atoms with Gasteiger partial charge in [0.2, 0.25) is 0 Å². The van der Waals surface area contributed by atoms with Crippen LogP contribution in [0.2, 0.25) is 5.15 Å². The number of hydrogen-bond acceptors (Lipinski definition) is 2. The molecule has 78 valence electrons. The van der Waals surface area contributed by atoms with E-state index in [0.717, 1.165) is 23.5 Å². The predicted molar refractivity (Wildman–Crippen MR) is 59.4 cm³/mol. The first kappa shape index (κ1) is 9.16. The number of fused-ring (bicyclic) bond motifs is 1. The largest absolute Gasteiger partial charge is 0.233 e. The Morgan fingerprint density at radius 2 is 2.27 bits per heavy atom. The zero-order valence-electron chi connectivity index (χ0n) is 8.57. The Hall–Kier alpha value is -1.09. The summed E-state index contributed by atoms with van der Waals surface area (Å²) in [5, 5.41) is 5.04. The number of rotatable bonds is 2. The lowest BCUT2D eigenvalue weighted by atomic mass is 10.3. The summed E-state index contributed by atoms with van der Waals surface area (Å²) in [5.74, 6) is 0.632. The number of halogens is 1. The van der Waals surface area contributed by atoms with Gasteiger partial charge in [0.1, 0.15) is 5.15 Å². The monoisotopic (exact) mass is 221 g/mol. The van der Waals surface area contributed by atoms with Crippen LogP contribution in [0.25, 0.3) is 5.65 Å². The third-order valence-electron chi connectivity index (χ3n) is 2.81. The van der Waals surface area contributed by atoms with Crippen molar-refractivity contribution in [3.05, 3.63) is 28.7 Å². The molecule has 0 aliphatic heterocycles. The highest BCUT2D eigenvalue weighted by molar-refractivity contribution is 6.29. The molecule has 1 aliphatic rings. The van der Waals surface area contributed by atoms with E-state index in [-0.39, 0.29) is 0 Å². The lowest BCUT2D eigenvalue weighted by Crippen LogP contribution is -1.96. The summed E-state index contributed by atoms with van der Waals surface area (Å²) in [5.41, 5.74) is 3.04. The minimum Gasteiger partial charge on any atom is -0.233 e. The molecule has 4 heteroatoms. The van der Waals surface area contributed by atoms with E-state index in [1.807, 2.05) is 12.1 Å². The van der Waals surface area contributed by atoms with Crippen molar-refractivity contribution in [1.29, 1.82) is 0 Å². The normalized spacial score (nSPS) is 16.1. The first-order chi connectivity index (χ1) is 7.28. The van der Waals surface area contributed by atoms with Crippen LogP contribution in [0.4, 0.5) is 0 Å². The predicted octanol–water partition coefficient (Wildman–Crippen LogP) is 2.82. The van der Waals surface area contributed by atoms with Gasteiger partial charge in [-0.3, -0.25) is 0 Å². The van der Waals surface area contributed by atoms with Crippen LogP contribution in [0, 0.1) is 0 Å². The Morgan fingerprint density at radius 1 is 1.47 bits per heavy atom. The number of nitrogens with zero attached hydrogens (tertiary/aromatic N) is 3. The molecular weight excluding hydrogens is 210 g/mol. The van der Waals surface area contributed by atoms with Crippen molar-refractivity contribution in [1.82, 2.24) is 14.6 Å². The average Bonchev–Trinajstić information content (AvgIpc) is 2.98. The standard InChI is InChI=1S/C11H12ClN3/c1-2-8-5-11-13-9(7-3-4-7)6-10(12)15(11)14-8/h5-7H,2-4H2,1H3. The topological polar surface area (TPSA) is 30.2 Å².